The molecule has 0 atom stereocenters. The number of aliphatic hydroxyl groups excluding tert-OH is 1. The average molecular weight is 411 g/mol. The molecule has 4 heteroatoms. The topological polar surface area (TPSA) is 47.3 Å². The third-order valence-electron chi connectivity index (χ3n) is 5.17. The molecular weight excluding hydrogens is 384 g/mol. The minimum Gasteiger partial charge on any atom is -0.492 e. The Morgan fingerprint density at radius 2 is 1.45 bits per heavy atom. The van der Waals surface area contributed by atoms with Crippen LogP contribution < -0.4 is 4.74 Å². The van der Waals surface area contributed by atoms with Crippen molar-refractivity contribution in [2.24, 2.45) is 0 Å². The molecule has 0 aliphatic carbocycles. The number of aromatic nitrogens is 2. The molecule has 0 aliphatic rings. The van der Waals surface area contributed by atoms with Crippen LogP contribution in [0.3, 0.4) is 0 Å². The largest absolute Gasteiger partial charge is 0.492 e. The number of aliphatic hydroxyl groups is 1. The zero-order chi connectivity index (χ0) is 21.3. The van der Waals surface area contributed by atoms with E-state index in [1.165, 1.54) is 0 Å². The molecule has 0 spiro atoms. The monoisotopic (exact) mass is 410 g/mol. The summed E-state index contributed by atoms with van der Waals surface area (Å²) in [7, 11) is 0. The summed E-state index contributed by atoms with van der Waals surface area (Å²) < 4.78 is 7.90. The molecule has 0 radical (unpaired) electrons. The van der Waals surface area contributed by atoms with E-state index in [2.05, 4.69) is 41.4 Å². The van der Waals surface area contributed by atoms with Gasteiger partial charge in [-0.3, -0.25) is 0 Å². The third kappa shape index (κ3) is 5.30. The van der Waals surface area contributed by atoms with Crippen LogP contribution in [0.15, 0.2) is 104 Å². The minimum atomic E-state index is 0.0933. The van der Waals surface area contributed by atoms with Gasteiger partial charge in [0, 0.05) is 19.0 Å². The first-order valence-corrected chi connectivity index (χ1v) is 10.5. The molecule has 156 valence electrons. The number of hydrogen-bond donors (Lipinski definition) is 1. The zero-order valence-corrected chi connectivity index (χ0v) is 17.4. The zero-order valence-electron chi connectivity index (χ0n) is 17.4. The third-order valence-corrected chi connectivity index (χ3v) is 5.17. The standard InChI is InChI=1S/C27H26N2O2/c30-19-15-26(22-7-3-1-4-8-22)27(23-9-5-2-6-10-23)24-11-13-25(14-12-24)31-20-18-29-17-16-28-21-29/h1-14,16-17,21,30H,15,18-20H2. The lowest BCUT2D eigenvalue weighted by Crippen LogP contribution is -2.06. The summed E-state index contributed by atoms with van der Waals surface area (Å²) in [5.74, 6) is 0.833. The number of nitrogens with zero attached hydrogens (tertiary/aromatic N) is 2. The number of ether oxygens (including phenoxy) is 1. The molecular formula is C27H26N2O2. The number of imidazole rings is 1. The molecule has 1 heterocycles. The van der Waals surface area contributed by atoms with E-state index in [0.29, 0.717) is 13.0 Å². The fourth-order valence-corrected chi connectivity index (χ4v) is 3.69. The van der Waals surface area contributed by atoms with Crippen molar-refractivity contribution in [2.75, 3.05) is 13.2 Å². The quantitative estimate of drug-likeness (QED) is 0.381. The highest BCUT2D eigenvalue weighted by molar-refractivity contribution is 5.98. The van der Waals surface area contributed by atoms with Gasteiger partial charge in [0.15, 0.2) is 0 Å². The van der Waals surface area contributed by atoms with Crippen molar-refractivity contribution in [3.05, 3.63) is 120 Å². The molecule has 0 bridgehead atoms. The first kappa shape index (κ1) is 20.6. The summed E-state index contributed by atoms with van der Waals surface area (Å²) in [5, 5.41) is 9.80. The van der Waals surface area contributed by atoms with Gasteiger partial charge in [-0.25, -0.2) is 4.98 Å². The Balaban J connectivity index is 1.65. The van der Waals surface area contributed by atoms with Crippen LogP contribution in [-0.2, 0) is 6.54 Å². The summed E-state index contributed by atoms with van der Waals surface area (Å²) in [6.45, 7) is 1.43. The summed E-state index contributed by atoms with van der Waals surface area (Å²) >= 11 is 0. The Hall–Kier alpha value is -3.63. The van der Waals surface area contributed by atoms with Crippen molar-refractivity contribution in [2.45, 2.75) is 13.0 Å². The molecule has 1 aromatic heterocycles. The smallest absolute Gasteiger partial charge is 0.119 e. The second-order valence-electron chi connectivity index (χ2n) is 7.23. The Morgan fingerprint density at radius 1 is 0.806 bits per heavy atom. The van der Waals surface area contributed by atoms with Crippen molar-refractivity contribution >= 4 is 11.1 Å². The predicted molar refractivity (Wildman–Crippen MR) is 125 cm³/mol. The fraction of sp³-hybridized carbons (Fsp3) is 0.148. The Bertz CT molecular complexity index is 1090. The summed E-state index contributed by atoms with van der Waals surface area (Å²) in [4.78, 5) is 4.05. The normalized spacial score (nSPS) is 11.8. The lowest BCUT2D eigenvalue weighted by Gasteiger charge is -2.17. The first-order valence-electron chi connectivity index (χ1n) is 10.5. The van der Waals surface area contributed by atoms with Crippen molar-refractivity contribution in [3.8, 4) is 5.75 Å². The van der Waals surface area contributed by atoms with Gasteiger partial charge in [0.2, 0.25) is 0 Å². The highest BCUT2D eigenvalue weighted by Crippen LogP contribution is 2.34. The molecule has 4 rings (SSSR count). The van der Waals surface area contributed by atoms with Crippen LogP contribution in [0.1, 0.15) is 23.1 Å². The van der Waals surface area contributed by atoms with Gasteiger partial charge in [0.05, 0.1) is 12.9 Å². The van der Waals surface area contributed by atoms with Gasteiger partial charge >= 0.3 is 0 Å². The van der Waals surface area contributed by atoms with Gasteiger partial charge in [-0.2, -0.15) is 0 Å². The van der Waals surface area contributed by atoms with Crippen LogP contribution in [0.2, 0.25) is 0 Å². The maximum Gasteiger partial charge on any atom is 0.119 e. The van der Waals surface area contributed by atoms with Gasteiger partial charge in [-0.05, 0) is 46.4 Å². The number of benzene rings is 3. The molecule has 0 unspecified atom stereocenters. The molecule has 0 saturated heterocycles. The van der Waals surface area contributed by atoms with Crippen molar-refractivity contribution in [1.82, 2.24) is 9.55 Å². The van der Waals surface area contributed by atoms with Crippen molar-refractivity contribution in [1.29, 1.82) is 0 Å². The Kier molecular flexibility index (Phi) is 6.93. The van der Waals surface area contributed by atoms with E-state index >= 15 is 0 Å². The van der Waals surface area contributed by atoms with E-state index in [1.54, 1.807) is 12.5 Å². The van der Waals surface area contributed by atoms with Gasteiger partial charge in [0.1, 0.15) is 12.4 Å². The molecule has 4 nitrogen and oxygen atoms in total. The van der Waals surface area contributed by atoms with Gasteiger partial charge in [0.25, 0.3) is 0 Å². The summed E-state index contributed by atoms with van der Waals surface area (Å²) in [6.07, 6.45) is 6.06. The highest BCUT2D eigenvalue weighted by Gasteiger charge is 2.14. The van der Waals surface area contributed by atoms with Crippen LogP contribution in [0.25, 0.3) is 11.1 Å². The van der Waals surface area contributed by atoms with Crippen LogP contribution in [0, 0.1) is 0 Å². The summed E-state index contributed by atoms with van der Waals surface area (Å²) in [5.41, 5.74) is 5.61. The SMILES string of the molecule is OCCC(=C(c1ccccc1)c1ccc(OCCn2ccnc2)cc1)c1ccccc1. The number of hydrogen-bond acceptors (Lipinski definition) is 3. The molecule has 1 N–H and O–H groups in total. The fourth-order valence-electron chi connectivity index (χ4n) is 3.69. The molecule has 0 saturated carbocycles. The Labute approximate surface area is 183 Å². The van der Waals surface area contributed by atoms with E-state index in [4.69, 9.17) is 4.74 Å². The second kappa shape index (κ2) is 10.4. The lowest BCUT2D eigenvalue weighted by molar-refractivity contribution is 0.298. The van der Waals surface area contributed by atoms with Gasteiger partial charge < -0.3 is 14.4 Å². The molecule has 0 aliphatic heterocycles. The van der Waals surface area contributed by atoms with Gasteiger partial charge in [-0.15, -0.1) is 0 Å². The van der Waals surface area contributed by atoms with Gasteiger partial charge in [-0.1, -0.05) is 72.8 Å². The van der Waals surface area contributed by atoms with E-state index in [0.717, 1.165) is 40.1 Å². The van der Waals surface area contributed by atoms with E-state index in [9.17, 15) is 5.11 Å². The Morgan fingerprint density at radius 3 is 2.06 bits per heavy atom. The van der Waals surface area contributed by atoms with Crippen LogP contribution in [-0.4, -0.2) is 27.9 Å². The number of rotatable bonds is 9. The second-order valence-corrected chi connectivity index (χ2v) is 7.23. The van der Waals surface area contributed by atoms with Crippen molar-refractivity contribution in [3.63, 3.8) is 0 Å². The van der Waals surface area contributed by atoms with Crippen LogP contribution in [0.4, 0.5) is 0 Å². The first-order chi connectivity index (χ1) is 15.3. The van der Waals surface area contributed by atoms with E-state index < -0.39 is 0 Å². The highest BCUT2D eigenvalue weighted by atomic mass is 16.5. The minimum absolute atomic E-state index is 0.0933. The molecule has 3 aromatic carbocycles. The molecule has 0 amide bonds. The maximum atomic E-state index is 9.80. The van der Waals surface area contributed by atoms with Crippen LogP contribution >= 0.6 is 0 Å². The van der Waals surface area contributed by atoms with Crippen LogP contribution in [0.5, 0.6) is 5.75 Å². The van der Waals surface area contributed by atoms with E-state index in [1.807, 2.05) is 59.3 Å². The molecule has 0 fully saturated rings. The molecule has 31 heavy (non-hydrogen) atoms. The predicted octanol–water partition coefficient (Wildman–Crippen LogP) is 5.30. The lowest BCUT2D eigenvalue weighted by atomic mass is 9.88. The van der Waals surface area contributed by atoms with E-state index in [-0.39, 0.29) is 6.61 Å². The maximum absolute atomic E-state index is 9.80. The average Bonchev–Trinajstić information content (AvgIpc) is 3.35. The summed E-state index contributed by atoms with van der Waals surface area (Å²) in [6, 6.07) is 28.8. The molecule has 4 aromatic rings. The van der Waals surface area contributed by atoms with Crippen molar-refractivity contribution < 1.29 is 9.84 Å².